The third-order valence-electron chi connectivity index (χ3n) is 2.00. The van der Waals surface area contributed by atoms with Crippen molar-refractivity contribution in [3.8, 4) is 0 Å². The van der Waals surface area contributed by atoms with Crippen molar-refractivity contribution in [2.24, 2.45) is 0 Å². The second kappa shape index (κ2) is 2.81. The maximum Gasteiger partial charge on any atom is 0.0456 e. The van der Waals surface area contributed by atoms with Crippen molar-refractivity contribution in [1.82, 2.24) is 4.98 Å². The highest BCUT2D eigenvalue weighted by molar-refractivity contribution is 5.85. The van der Waals surface area contributed by atoms with Gasteiger partial charge in [0, 0.05) is 23.5 Å². The van der Waals surface area contributed by atoms with Crippen LogP contribution in [0.4, 0.5) is 0 Å². The van der Waals surface area contributed by atoms with Crippen molar-refractivity contribution >= 4 is 17.1 Å². The van der Waals surface area contributed by atoms with Gasteiger partial charge in [0.1, 0.15) is 0 Å². The molecule has 60 valence electrons. The van der Waals surface area contributed by atoms with Crippen LogP contribution in [0.5, 0.6) is 0 Å². The van der Waals surface area contributed by atoms with Crippen molar-refractivity contribution in [3.05, 3.63) is 36.0 Å². The maximum atomic E-state index is 7.02. The topological polar surface area (TPSA) is 39.6 Å². The second-order valence-electron chi connectivity index (χ2n) is 2.77. The van der Waals surface area contributed by atoms with Crippen LogP contribution in [0.2, 0.25) is 0 Å². The quantitative estimate of drug-likeness (QED) is 0.630. The van der Waals surface area contributed by atoms with E-state index in [1.165, 1.54) is 17.2 Å². The summed E-state index contributed by atoms with van der Waals surface area (Å²) in [5.41, 5.74) is 2.34. The van der Waals surface area contributed by atoms with Crippen LogP contribution in [0.15, 0.2) is 30.5 Å². The van der Waals surface area contributed by atoms with Crippen LogP contribution in [0.3, 0.4) is 0 Å². The fourth-order valence-corrected chi connectivity index (χ4v) is 1.41. The molecule has 0 amide bonds. The molecule has 2 N–H and O–H groups in total. The van der Waals surface area contributed by atoms with Crippen molar-refractivity contribution in [1.29, 1.82) is 5.41 Å². The van der Waals surface area contributed by atoms with E-state index < -0.39 is 0 Å². The molecule has 0 fully saturated rings. The molecule has 0 aliphatic carbocycles. The molecular weight excluding hydrogens is 148 g/mol. The lowest BCUT2D eigenvalue weighted by atomic mass is 10.1. The van der Waals surface area contributed by atoms with E-state index in [0.717, 1.165) is 5.52 Å². The molecule has 0 unspecified atom stereocenters. The third-order valence-corrected chi connectivity index (χ3v) is 2.00. The standard InChI is InChI=1S/C10H10N2/c11-6-5-8-7-12-10-4-2-1-3-9(8)10/h1-4,6-7,11-12H,5H2. The molecule has 1 heterocycles. The first kappa shape index (κ1) is 7.10. The average Bonchev–Trinajstić information content (AvgIpc) is 2.50. The molecule has 0 atom stereocenters. The molecule has 0 aliphatic heterocycles. The number of H-pyrrole nitrogens is 1. The first-order valence-electron chi connectivity index (χ1n) is 3.96. The summed E-state index contributed by atoms with van der Waals surface area (Å²) in [6.45, 7) is 0. The molecule has 0 aliphatic rings. The minimum Gasteiger partial charge on any atom is -0.361 e. The number of rotatable bonds is 2. The first-order valence-corrected chi connectivity index (χ1v) is 3.96. The van der Waals surface area contributed by atoms with Gasteiger partial charge in [0.25, 0.3) is 0 Å². The highest BCUT2D eigenvalue weighted by Crippen LogP contribution is 2.17. The Kier molecular flexibility index (Phi) is 1.67. The molecule has 12 heavy (non-hydrogen) atoms. The van der Waals surface area contributed by atoms with Gasteiger partial charge in [0.05, 0.1) is 0 Å². The van der Waals surface area contributed by atoms with Crippen LogP contribution in [0.25, 0.3) is 10.9 Å². The second-order valence-corrected chi connectivity index (χ2v) is 2.77. The summed E-state index contributed by atoms with van der Waals surface area (Å²) in [5.74, 6) is 0. The van der Waals surface area contributed by atoms with Gasteiger partial charge in [-0.15, -0.1) is 0 Å². The number of aromatic nitrogens is 1. The summed E-state index contributed by atoms with van der Waals surface area (Å²) in [5, 5.41) is 8.24. The van der Waals surface area contributed by atoms with E-state index in [1.54, 1.807) is 0 Å². The van der Waals surface area contributed by atoms with Gasteiger partial charge in [0.2, 0.25) is 0 Å². The molecule has 0 saturated heterocycles. The Bertz CT molecular complexity index is 401. The lowest BCUT2D eigenvalue weighted by Gasteiger charge is -1.91. The SMILES string of the molecule is N=CCc1c[nH]c2ccccc12. The number of hydrogen-bond acceptors (Lipinski definition) is 1. The van der Waals surface area contributed by atoms with Crippen molar-refractivity contribution in [2.45, 2.75) is 6.42 Å². The van der Waals surface area contributed by atoms with Crippen LogP contribution in [-0.4, -0.2) is 11.2 Å². The molecule has 2 aromatic rings. The Morgan fingerprint density at radius 1 is 1.33 bits per heavy atom. The van der Waals surface area contributed by atoms with Gasteiger partial charge in [-0.3, -0.25) is 0 Å². The number of fused-ring (bicyclic) bond motifs is 1. The lowest BCUT2D eigenvalue weighted by molar-refractivity contribution is 1.34. The molecule has 2 nitrogen and oxygen atoms in total. The van der Waals surface area contributed by atoms with E-state index in [4.69, 9.17) is 5.41 Å². The van der Waals surface area contributed by atoms with Crippen LogP contribution in [0.1, 0.15) is 5.56 Å². The Hall–Kier alpha value is -1.57. The summed E-state index contributed by atoms with van der Waals surface area (Å²) in [6.07, 6.45) is 4.11. The zero-order valence-electron chi connectivity index (χ0n) is 6.67. The molecular formula is C10H10N2. The van der Waals surface area contributed by atoms with Gasteiger partial charge in [-0.05, 0) is 17.8 Å². The normalized spacial score (nSPS) is 10.3. The van der Waals surface area contributed by atoms with Gasteiger partial charge >= 0.3 is 0 Å². The van der Waals surface area contributed by atoms with E-state index in [9.17, 15) is 0 Å². The lowest BCUT2D eigenvalue weighted by Crippen LogP contribution is -1.80. The number of hydrogen-bond donors (Lipinski definition) is 2. The summed E-state index contributed by atoms with van der Waals surface area (Å²) in [6, 6.07) is 8.14. The fourth-order valence-electron chi connectivity index (χ4n) is 1.41. The van der Waals surface area contributed by atoms with Crippen molar-refractivity contribution in [2.75, 3.05) is 0 Å². The van der Waals surface area contributed by atoms with E-state index >= 15 is 0 Å². The van der Waals surface area contributed by atoms with Crippen molar-refractivity contribution in [3.63, 3.8) is 0 Å². The van der Waals surface area contributed by atoms with Gasteiger partial charge in [-0.25, -0.2) is 0 Å². The zero-order chi connectivity index (χ0) is 8.39. The van der Waals surface area contributed by atoms with Gasteiger partial charge in [0.15, 0.2) is 0 Å². The average molecular weight is 158 g/mol. The van der Waals surface area contributed by atoms with Crippen LogP contribution < -0.4 is 0 Å². The fraction of sp³-hybridized carbons (Fsp3) is 0.100. The molecule has 0 spiro atoms. The molecule has 2 heteroatoms. The Labute approximate surface area is 70.7 Å². The number of para-hydroxylation sites is 1. The van der Waals surface area contributed by atoms with Gasteiger partial charge in [-0.1, -0.05) is 18.2 Å². The third kappa shape index (κ3) is 1.01. The van der Waals surface area contributed by atoms with E-state index in [0.29, 0.717) is 6.42 Å². The van der Waals surface area contributed by atoms with E-state index in [1.807, 2.05) is 24.4 Å². The largest absolute Gasteiger partial charge is 0.361 e. The minimum absolute atomic E-state index is 0.712. The monoisotopic (exact) mass is 158 g/mol. The molecule has 0 bridgehead atoms. The summed E-state index contributed by atoms with van der Waals surface area (Å²) < 4.78 is 0. The number of nitrogens with one attached hydrogen (secondary N) is 2. The van der Waals surface area contributed by atoms with Crippen LogP contribution in [-0.2, 0) is 6.42 Å². The van der Waals surface area contributed by atoms with Crippen LogP contribution in [0, 0.1) is 5.41 Å². The molecule has 2 rings (SSSR count). The number of benzene rings is 1. The first-order chi connectivity index (χ1) is 5.92. The predicted octanol–water partition coefficient (Wildman–Crippen LogP) is 2.36. The van der Waals surface area contributed by atoms with Gasteiger partial charge in [-0.2, -0.15) is 0 Å². The van der Waals surface area contributed by atoms with E-state index in [2.05, 4.69) is 11.1 Å². The minimum atomic E-state index is 0.712. The summed E-state index contributed by atoms with van der Waals surface area (Å²) in [4.78, 5) is 3.17. The Morgan fingerprint density at radius 2 is 2.17 bits per heavy atom. The summed E-state index contributed by atoms with van der Waals surface area (Å²) in [7, 11) is 0. The molecule has 1 aromatic heterocycles. The highest BCUT2D eigenvalue weighted by atomic mass is 14.7. The predicted molar refractivity (Wildman–Crippen MR) is 50.8 cm³/mol. The Balaban J connectivity index is 2.62. The molecule has 1 aromatic carbocycles. The number of aromatic amines is 1. The molecule has 0 saturated carbocycles. The maximum absolute atomic E-state index is 7.02. The zero-order valence-corrected chi connectivity index (χ0v) is 6.67. The summed E-state index contributed by atoms with van der Waals surface area (Å²) >= 11 is 0. The van der Waals surface area contributed by atoms with Crippen molar-refractivity contribution < 1.29 is 0 Å². The smallest absolute Gasteiger partial charge is 0.0456 e. The Morgan fingerprint density at radius 3 is 3.00 bits per heavy atom. The highest BCUT2D eigenvalue weighted by Gasteiger charge is 1.99. The van der Waals surface area contributed by atoms with Crippen LogP contribution >= 0.6 is 0 Å². The van der Waals surface area contributed by atoms with E-state index in [-0.39, 0.29) is 0 Å². The van der Waals surface area contributed by atoms with Gasteiger partial charge < -0.3 is 10.4 Å². The molecule has 0 radical (unpaired) electrons.